The molecule has 1 amide bonds. The summed E-state index contributed by atoms with van der Waals surface area (Å²) in [6, 6.07) is 10.6. The molecule has 0 unspecified atom stereocenters. The zero-order chi connectivity index (χ0) is 15.7. The standard InChI is InChI=1S/C19H23N3O/c23-18(17-15-8-4-9-16(15)21-22-17)20-13-19(10-5-11-19)12-14-6-2-1-3-7-14/h1-3,6-7H,4-5,8-13H2,(H,20,23)(H,21,22). The molecule has 0 bridgehead atoms. The highest BCUT2D eigenvalue weighted by Gasteiger charge is 2.37. The van der Waals surface area contributed by atoms with Gasteiger partial charge < -0.3 is 5.32 Å². The molecule has 2 aliphatic carbocycles. The van der Waals surface area contributed by atoms with Crippen molar-refractivity contribution in [3.8, 4) is 0 Å². The minimum atomic E-state index is -0.0104. The molecule has 2 aliphatic rings. The number of aryl methyl sites for hydroxylation is 1. The summed E-state index contributed by atoms with van der Waals surface area (Å²) >= 11 is 0. The minimum absolute atomic E-state index is 0.0104. The molecule has 0 saturated heterocycles. The summed E-state index contributed by atoms with van der Waals surface area (Å²) in [7, 11) is 0. The molecule has 4 rings (SSSR count). The second-order valence-corrected chi connectivity index (χ2v) is 7.08. The van der Waals surface area contributed by atoms with Crippen LogP contribution in [0.15, 0.2) is 30.3 Å². The average molecular weight is 309 g/mol. The number of benzene rings is 1. The van der Waals surface area contributed by atoms with Crippen LogP contribution in [0.5, 0.6) is 0 Å². The molecule has 4 heteroatoms. The van der Waals surface area contributed by atoms with E-state index in [-0.39, 0.29) is 11.3 Å². The fraction of sp³-hybridized carbons (Fsp3) is 0.474. The molecule has 120 valence electrons. The number of hydrogen-bond donors (Lipinski definition) is 2. The fourth-order valence-electron chi connectivity index (χ4n) is 3.98. The molecule has 23 heavy (non-hydrogen) atoms. The van der Waals surface area contributed by atoms with E-state index in [4.69, 9.17) is 0 Å². The molecule has 1 fully saturated rings. The largest absolute Gasteiger partial charge is 0.350 e. The second kappa shape index (κ2) is 5.84. The fourth-order valence-corrected chi connectivity index (χ4v) is 3.98. The SMILES string of the molecule is O=C(NCC1(Cc2ccccc2)CCC1)c1n[nH]c2c1CCC2. The highest BCUT2D eigenvalue weighted by Crippen LogP contribution is 2.43. The number of fused-ring (bicyclic) bond motifs is 1. The highest BCUT2D eigenvalue weighted by molar-refractivity contribution is 5.94. The lowest BCUT2D eigenvalue weighted by molar-refractivity contribution is 0.0854. The molecule has 1 aromatic heterocycles. The molecule has 1 aromatic carbocycles. The lowest BCUT2D eigenvalue weighted by atomic mass is 9.65. The van der Waals surface area contributed by atoms with E-state index < -0.39 is 0 Å². The molecular formula is C19H23N3O. The first-order valence-electron chi connectivity index (χ1n) is 8.64. The highest BCUT2D eigenvalue weighted by atomic mass is 16.1. The lowest BCUT2D eigenvalue weighted by Crippen LogP contribution is -2.43. The minimum Gasteiger partial charge on any atom is -0.350 e. The lowest BCUT2D eigenvalue weighted by Gasteiger charge is -2.42. The van der Waals surface area contributed by atoms with Gasteiger partial charge in [-0.3, -0.25) is 9.89 Å². The number of nitrogens with one attached hydrogen (secondary N) is 2. The molecule has 4 nitrogen and oxygen atoms in total. The molecule has 0 spiro atoms. The maximum atomic E-state index is 12.5. The van der Waals surface area contributed by atoms with E-state index in [1.807, 2.05) is 0 Å². The Bertz CT molecular complexity index is 701. The number of carbonyl (C=O) groups excluding carboxylic acids is 1. The molecule has 0 radical (unpaired) electrons. The zero-order valence-electron chi connectivity index (χ0n) is 13.4. The number of rotatable bonds is 5. The van der Waals surface area contributed by atoms with Crippen LogP contribution in [0.1, 0.15) is 53.0 Å². The third-order valence-electron chi connectivity index (χ3n) is 5.48. The van der Waals surface area contributed by atoms with Crippen molar-refractivity contribution in [1.29, 1.82) is 0 Å². The number of nitrogens with zero attached hydrogens (tertiary/aromatic N) is 1. The number of hydrogen-bond acceptors (Lipinski definition) is 2. The second-order valence-electron chi connectivity index (χ2n) is 7.08. The van der Waals surface area contributed by atoms with Crippen LogP contribution in [0.2, 0.25) is 0 Å². The first-order chi connectivity index (χ1) is 11.3. The van der Waals surface area contributed by atoms with Crippen LogP contribution in [0.25, 0.3) is 0 Å². The monoisotopic (exact) mass is 309 g/mol. The quantitative estimate of drug-likeness (QED) is 0.892. The Hall–Kier alpha value is -2.10. The summed E-state index contributed by atoms with van der Waals surface area (Å²) < 4.78 is 0. The van der Waals surface area contributed by atoms with Gasteiger partial charge in [-0.25, -0.2) is 0 Å². The van der Waals surface area contributed by atoms with E-state index >= 15 is 0 Å². The van der Waals surface area contributed by atoms with Gasteiger partial charge in [-0.05, 0) is 49.5 Å². The number of H-pyrrole nitrogens is 1. The number of aromatic amines is 1. The van der Waals surface area contributed by atoms with Gasteiger partial charge in [0.1, 0.15) is 0 Å². The van der Waals surface area contributed by atoms with Crippen LogP contribution < -0.4 is 5.32 Å². The third kappa shape index (κ3) is 2.78. The normalized spacial score (nSPS) is 18.3. The zero-order valence-corrected chi connectivity index (χ0v) is 13.4. The molecule has 2 N–H and O–H groups in total. The Balaban J connectivity index is 1.41. The predicted molar refractivity (Wildman–Crippen MR) is 89.4 cm³/mol. The van der Waals surface area contributed by atoms with Gasteiger partial charge in [-0.15, -0.1) is 0 Å². The first-order valence-corrected chi connectivity index (χ1v) is 8.64. The maximum Gasteiger partial charge on any atom is 0.272 e. The summed E-state index contributed by atoms with van der Waals surface area (Å²) in [5, 5.41) is 10.4. The molecular weight excluding hydrogens is 286 g/mol. The summed E-state index contributed by atoms with van der Waals surface area (Å²) in [6.07, 6.45) is 7.83. The van der Waals surface area contributed by atoms with Crippen LogP contribution in [0, 0.1) is 5.41 Å². The van der Waals surface area contributed by atoms with Crippen molar-refractivity contribution in [2.24, 2.45) is 5.41 Å². The summed E-state index contributed by atoms with van der Waals surface area (Å²) in [4.78, 5) is 12.5. The van der Waals surface area contributed by atoms with E-state index in [2.05, 4.69) is 45.8 Å². The topological polar surface area (TPSA) is 57.8 Å². The van der Waals surface area contributed by atoms with E-state index in [1.54, 1.807) is 0 Å². The van der Waals surface area contributed by atoms with Crippen LogP contribution >= 0.6 is 0 Å². The van der Waals surface area contributed by atoms with Gasteiger partial charge in [0, 0.05) is 17.8 Å². The van der Waals surface area contributed by atoms with Crippen molar-refractivity contribution in [1.82, 2.24) is 15.5 Å². The number of carbonyl (C=O) groups is 1. The van der Waals surface area contributed by atoms with E-state index in [0.717, 1.165) is 43.5 Å². The summed E-state index contributed by atoms with van der Waals surface area (Å²) in [5.74, 6) is -0.0104. The van der Waals surface area contributed by atoms with Gasteiger partial charge in [0.15, 0.2) is 5.69 Å². The van der Waals surface area contributed by atoms with Crippen LogP contribution in [0.3, 0.4) is 0 Å². The molecule has 0 atom stereocenters. The summed E-state index contributed by atoms with van der Waals surface area (Å²) in [5.41, 5.74) is 4.50. The average Bonchev–Trinajstić information content (AvgIpc) is 3.13. The van der Waals surface area contributed by atoms with Gasteiger partial charge in [-0.2, -0.15) is 5.10 Å². The van der Waals surface area contributed by atoms with E-state index in [9.17, 15) is 4.79 Å². The Kier molecular flexibility index (Phi) is 3.68. The number of aromatic nitrogens is 2. The number of amides is 1. The van der Waals surface area contributed by atoms with Gasteiger partial charge in [-0.1, -0.05) is 36.8 Å². The maximum absolute atomic E-state index is 12.5. The third-order valence-corrected chi connectivity index (χ3v) is 5.48. The van der Waals surface area contributed by atoms with Crippen molar-refractivity contribution in [3.63, 3.8) is 0 Å². The smallest absolute Gasteiger partial charge is 0.272 e. The Morgan fingerprint density at radius 1 is 1.17 bits per heavy atom. The Morgan fingerprint density at radius 2 is 2.00 bits per heavy atom. The van der Waals surface area contributed by atoms with Crippen LogP contribution in [0.4, 0.5) is 0 Å². The van der Waals surface area contributed by atoms with Gasteiger partial charge in [0.05, 0.1) is 0 Å². The van der Waals surface area contributed by atoms with Gasteiger partial charge in [0.2, 0.25) is 0 Å². The van der Waals surface area contributed by atoms with E-state index in [0.29, 0.717) is 5.69 Å². The van der Waals surface area contributed by atoms with Crippen molar-refractivity contribution in [3.05, 3.63) is 52.8 Å². The Labute approximate surface area is 136 Å². The van der Waals surface area contributed by atoms with Crippen molar-refractivity contribution in [2.45, 2.75) is 44.9 Å². The van der Waals surface area contributed by atoms with Gasteiger partial charge >= 0.3 is 0 Å². The van der Waals surface area contributed by atoms with Crippen molar-refractivity contribution < 1.29 is 4.79 Å². The van der Waals surface area contributed by atoms with Crippen LogP contribution in [-0.4, -0.2) is 22.6 Å². The van der Waals surface area contributed by atoms with Crippen LogP contribution in [-0.2, 0) is 19.3 Å². The molecule has 2 aromatic rings. The Morgan fingerprint density at radius 3 is 2.74 bits per heavy atom. The predicted octanol–water partition coefficient (Wildman–Crippen LogP) is 3.04. The van der Waals surface area contributed by atoms with Crippen molar-refractivity contribution in [2.75, 3.05) is 6.54 Å². The first kappa shape index (κ1) is 14.5. The molecule has 1 heterocycles. The van der Waals surface area contributed by atoms with E-state index in [1.165, 1.54) is 24.8 Å². The molecule has 0 aliphatic heterocycles. The molecule has 1 saturated carbocycles. The van der Waals surface area contributed by atoms with Gasteiger partial charge in [0.25, 0.3) is 5.91 Å². The van der Waals surface area contributed by atoms with Crippen molar-refractivity contribution >= 4 is 5.91 Å². The summed E-state index contributed by atoms with van der Waals surface area (Å²) in [6.45, 7) is 0.752.